The standard InChI is InChI=1S/C16H16BrNO/c1-11-5-4-6-15(9-11)18(3)16(19)13-7-12(2)8-14(17)10-13/h4-10H,1-3H3. The number of nitrogens with zero attached hydrogens (tertiary/aromatic N) is 1. The van der Waals surface area contributed by atoms with Gasteiger partial charge in [-0.25, -0.2) is 0 Å². The minimum absolute atomic E-state index is 0.00463. The quantitative estimate of drug-likeness (QED) is 0.806. The first-order valence-electron chi connectivity index (χ1n) is 6.09. The van der Waals surface area contributed by atoms with Crippen LogP contribution < -0.4 is 4.90 Å². The van der Waals surface area contributed by atoms with Gasteiger partial charge in [0.25, 0.3) is 5.91 Å². The number of carbonyl (C=O) groups excluding carboxylic acids is 1. The summed E-state index contributed by atoms with van der Waals surface area (Å²) in [5.41, 5.74) is 3.80. The monoisotopic (exact) mass is 317 g/mol. The molecule has 1 amide bonds. The van der Waals surface area contributed by atoms with E-state index in [-0.39, 0.29) is 5.91 Å². The highest BCUT2D eigenvalue weighted by Gasteiger charge is 2.14. The highest BCUT2D eigenvalue weighted by Crippen LogP contribution is 2.20. The van der Waals surface area contributed by atoms with Crippen molar-refractivity contribution in [1.29, 1.82) is 0 Å². The van der Waals surface area contributed by atoms with E-state index in [0.717, 1.165) is 21.3 Å². The highest BCUT2D eigenvalue weighted by atomic mass is 79.9. The third kappa shape index (κ3) is 3.24. The number of benzene rings is 2. The average molecular weight is 318 g/mol. The molecular formula is C16H16BrNO. The number of rotatable bonds is 2. The maximum absolute atomic E-state index is 12.5. The second-order valence-corrected chi connectivity index (χ2v) is 5.64. The van der Waals surface area contributed by atoms with Gasteiger partial charge >= 0.3 is 0 Å². The molecule has 3 heteroatoms. The molecule has 2 rings (SSSR count). The molecule has 2 aromatic carbocycles. The van der Waals surface area contributed by atoms with Gasteiger partial charge in [-0.2, -0.15) is 0 Å². The van der Waals surface area contributed by atoms with Crippen molar-refractivity contribution < 1.29 is 4.79 Å². The molecule has 0 spiro atoms. The van der Waals surface area contributed by atoms with E-state index in [0.29, 0.717) is 5.56 Å². The normalized spacial score (nSPS) is 10.3. The van der Waals surface area contributed by atoms with Crippen LogP contribution in [0.2, 0.25) is 0 Å². The van der Waals surface area contributed by atoms with E-state index in [1.54, 1.807) is 11.9 Å². The highest BCUT2D eigenvalue weighted by molar-refractivity contribution is 9.10. The second-order valence-electron chi connectivity index (χ2n) is 4.72. The van der Waals surface area contributed by atoms with Crippen LogP contribution in [0.4, 0.5) is 5.69 Å². The Labute approximate surface area is 122 Å². The van der Waals surface area contributed by atoms with Gasteiger partial charge in [-0.1, -0.05) is 28.1 Å². The Balaban J connectivity index is 2.33. The van der Waals surface area contributed by atoms with Crippen molar-refractivity contribution >= 4 is 27.5 Å². The average Bonchev–Trinajstić information content (AvgIpc) is 2.36. The molecule has 19 heavy (non-hydrogen) atoms. The molecule has 0 aliphatic carbocycles. The van der Waals surface area contributed by atoms with E-state index in [4.69, 9.17) is 0 Å². The van der Waals surface area contributed by atoms with Crippen molar-refractivity contribution in [2.45, 2.75) is 13.8 Å². The topological polar surface area (TPSA) is 20.3 Å². The fraction of sp³-hybridized carbons (Fsp3) is 0.188. The molecule has 0 bridgehead atoms. The van der Waals surface area contributed by atoms with E-state index in [2.05, 4.69) is 15.9 Å². The fourth-order valence-corrected chi connectivity index (χ4v) is 2.62. The Morgan fingerprint density at radius 1 is 1.05 bits per heavy atom. The fourth-order valence-electron chi connectivity index (χ4n) is 2.01. The van der Waals surface area contributed by atoms with Crippen LogP contribution in [0.15, 0.2) is 46.9 Å². The molecule has 2 nitrogen and oxygen atoms in total. The first kappa shape index (κ1) is 13.8. The van der Waals surface area contributed by atoms with Gasteiger partial charge in [-0.15, -0.1) is 0 Å². The van der Waals surface area contributed by atoms with Crippen molar-refractivity contribution in [1.82, 2.24) is 0 Å². The Morgan fingerprint density at radius 2 is 1.79 bits per heavy atom. The second kappa shape index (κ2) is 5.57. The van der Waals surface area contributed by atoms with Crippen LogP contribution in [0, 0.1) is 13.8 Å². The lowest BCUT2D eigenvalue weighted by atomic mass is 10.1. The zero-order valence-corrected chi connectivity index (χ0v) is 12.9. The SMILES string of the molecule is Cc1cc(Br)cc(C(=O)N(C)c2cccc(C)c2)c1. The molecule has 0 atom stereocenters. The van der Waals surface area contributed by atoms with Crippen LogP contribution in [-0.2, 0) is 0 Å². The summed E-state index contributed by atoms with van der Waals surface area (Å²) in [6, 6.07) is 13.7. The molecule has 98 valence electrons. The molecule has 0 aromatic heterocycles. The molecule has 0 heterocycles. The molecule has 0 saturated carbocycles. The van der Waals surface area contributed by atoms with E-state index >= 15 is 0 Å². The van der Waals surface area contributed by atoms with Crippen molar-refractivity contribution in [3.63, 3.8) is 0 Å². The number of hydrogen-bond donors (Lipinski definition) is 0. The van der Waals surface area contributed by atoms with Crippen molar-refractivity contribution in [3.8, 4) is 0 Å². The molecule has 0 aliphatic rings. The van der Waals surface area contributed by atoms with Crippen LogP contribution in [-0.4, -0.2) is 13.0 Å². The van der Waals surface area contributed by atoms with Crippen LogP contribution >= 0.6 is 15.9 Å². The van der Waals surface area contributed by atoms with Crippen molar-refractivity contribution in [2.24, 2.45) is 0 Å². The molecule has 0 N–H and O–H groups in total. The molecular weight excluding hydrogens is 302 g/mol. The van der Waals surface area contributed by atoms with E-state index in [1.807, 2.05) is 56.3 Å². The predicted octanol–water partition coefficient (Wildman–Crippen LogP) is 4.34. The zero-order chi connectivity index (χ0) is 14.0. The molecule has 0 aliphatic heterocycles. The third-order valence-corrected chi connectivity index (χ3v) is 3.44. The smallest absolute Gasteiger partial charge is 0.258 e. The zero-order valence-electron chi connectivity index (χ0n) is 11.3. The number of aryl methyl sites for hydroxylation is 2. The van der Waals surface area contributed by atoms with Gasteiger partial charge in [0.1, 0.15) is 0 Å². The maximum Gasteiger partial charge on any atom is 0.258 e. The Hall–Kier alpha value is -1.61. The Kier molecular flexibility index (Phi) is 4.05. The summed E-state index contributed by atoms with van der Waals surface area (Å²) in [6.07, 6.45) is 0. The first-order chi connectivity index (χ1) is 8.97. The minimum Gasteiger partial charge on any atom is -0.311 e. The van der Waals surface area contributed by atoms with Gasteiger partial charge in [0.05, 0.1) is 0 Å². The lowest BCUT2D eigenvalue weighted by molar-refractivity contribution is 0.0993. The van der Waals surface area contributed by atoms with Crippen molar-refractivity contribution in [3.05, 3.63) is 63.6 Å². The van der Waals surface area contributed by atoms with Crippen LogP contribution in [0.25, 0.3) is 0 Å². The van der Waals surface area contributed by atoms with Gasteiger partial charge in [-0.3, -0.25) is 4.79 Å². The molecule has 0 unspecified atom stereocenters. The maximum atomic E-state index is 12.5. The van der Waals surface area contributed by atoms with Crippen molar-refractivity contribution in [2.75, 3.05) is 11.9 Å². The number of carbonyl (C=O) groups is 1. The Morgan fingerprint density at radius 3 is 2.42 bits per heavy atom. The lowest BCUT2D eigenvalue weighted by Crippen LogP contribution is -2.26. The summed E-state index contributed by atoms with van der Waals surface area (Å²) in [5.74, 6) is -0.00463. The van der Waals surface area contributed by atoms with Gasteiger partial charge in [0.2, 0.25) is 0 Å². The van der Waals surface area contributed by atoms with E-state index in [1.165, 1.54) is 0 Å². The summed E-state index contributed by atoms with van der Waals surface area (Å²) >= 11 is 3.43. The van der Waals surface area contributed by atoms with E-state index < -0.39 is 0 Å². The first-order valence-corrected chi connectivity index (χ1v) is 6.88. The van der Waals surface area contributed by atoms with Crippen LogP contribution in [0.3, 0.4) is 0 Å². The van der Waals surface area contributed by atoms with Gasteiger partial charge < -0.3 is 4.90 Å². The van der Waals surface area contributed by atoms with E-state index in [9.17, 15) is 4.79 Å². The van der Waals surface area contributed by atoms with Crippen LogP contribution in [0.1, 0.15) is 21.5 Å². The van der Waals surface area contributed by atoms with Gasteiger partial charge in [0, 0.05) is 22.8 Å². The summed E-state index contributed by atoms with van der Waals surface area (Å²) in [5, 5.41) is 0. The molecule has 0 fully saturated rings. The number of halogens is 1. The minimum atomic E-state index is -0.00463. The summed E-state index contributed by atoms with van der Waals surface area (Å²) < 4.78 is 0.925. The summed E-state index contributed by atoms with van der Waals surface area (Å²) in [6.45, 7) is 4.00. The predicted molar refractivity (Wildman–Crippen MR) is 82.8 cm³/mol. The van der Waals surface area contributed by atoms with Crippen LogP contribution in [0.5, 0.6) is 0 Å². The number of amides is 1. The molecule has 2 aromatic rings. The van der Waals surface area contributed by atoms with Gasteiger partial charge in [-0.05, 0) is 55.3 Å². The molecule has 0 saturated heterocycles. The molecule has 0 radical (unpaired) electrons. The number of anilines is 1. The summed E-state index contributed by atoms with van der Waals surface area (Å²) in [4.78, 5) is 14.1. The lowest BCUT2D eigenvalue weighted by Gasteiger charge is -2.18. The summed E-state index contributed by atoms with van der Waals surface area (Å²) in [7, 11) is 1.80. The van der Waals surface area contributed by atoms with Gasteiger partial charge in [0.15, 0.2) is 0 Å². The number of hydrogen-bond acceptors (Lipinski definition) is 1. The largest absolute Gasteiger partial charge is 0.311 e. The Bertz CT molecular complexity index is 602. The third-order valence-electron chi connectivity index (χ3n) is 2.98.